The summed E-state index contributed by atoms with van der Waals surface area (Å²) in [5.41, 5.74) is 1.10. The third-order valence-corrected chi connectivity index (χ3v) is 5.93. The lowest BCUT2D eigenvalue weighted by Gasteiger charge is -2.19. The average molecular weight is 500 g/mol. The van der Waals surface area contributed by atoms with Crippen LogP contribution in [0.2, 0.25) is 10.0 Å². The van der Waals surface area contributed by atoms with E-state index < -0.39 is 0 Å². The molecule has 8 nitrogen and oxygen atoms in total. The van der Waals surface area contributed by atoms with Gasteiger partial charge in [0.25, 0.3) is 0 Å². The summed E-state index contributed by atoms with van der Waals surface area (Å²) in [6.07, 6.45) is 3.01. The van der Waals surface area contributed by atoms with Gasteiger partial charge in [-0.05, 0) is 48.5 Å². The molecule has 4 rings (SSSR count). The Balaban J connectivity index is 1.49. The first-order valence-electron chi connectivity index (χ1n) is 10.6. The monoisotopic (exact) mass is 499 g/mol. The minimum absolute atomic E-state index is 0.0683. The zero-order valence-electron chi connectivity index (χ0n) is 18.4. The molecule has 176 valence electrons. The topological polar surface area (TPSA) is 95.4 Å². The summed E-state index contributed by atoms with van der Waals surface area (Å²) in [6.45, 7) is 3.16. The van der Waals surface area contributed by atoms with E-state index in [1.807, 2.05) is 0 Å². The quantitative estimate of drug-likeness (QED) is 0.395. The maximum atomic E-state index is 12.2. The van der Waals surface area contributed by atoms with Gasteiger partial charge in [0.05, 0.1) is 34.8 Å². The maximum Gasteiger partial charge on any atom is 0.219 e. The van der Waals surface area contributed by atoms with E-state index in [2.05, 4.69) is 9.98 Å². The van der Waals surface area contributed by atoms with Crippen LogP contribution in [0.1, 0.15) is 6.92 Å². The number of amides is 1. The van der Waals surface area contributed by atoms with Crippen molar-refractivity contribution in [2.45, 2.75) is 6.92 Å². The van der Waals surface area contributed by atoms with Crippen molar-refractivity contribution in [1.82, 2.24) is 14.4 Å². The van der Waals surface area contributed by atoms with E-state index in [1.165, 1.54) is 19.3 Å². The number of rotatable bonds is 6. The molecule has 10 heteroatoms. The van der Waals surface area contributed by atoms with Gasteiger partial charge in [0.15, 0.2) is 0 Å². The van der Waals surface area contributed by atoms with Gasteiger partial charge >= 0.3 is 0 Å². The molecule has 4 aromatic rings. The van der Waals surface area contributed by atoms with E-state index in [1.54, 1.807) is 53.4 Å². The van der Waals surface area contributed by atoms with E-state index in [4.69, 9.17) is 23.2 Å². The van der Waals surface area contributed by atoms with E-state index in [9.17, 15) is 15.2 Å². The highest BCUT2D eigenvalue weighted by Crippen LogP contribution is 2.16. The van der Waals surface area contributed by atoms with Crippen molar-refractivity contribution in [2.75, 3.05) is 26.2 Å². The van der Waals surface area contributed by atoms with Gasteiger partial charge in [-0.1, -0.05) is 23.2 Å². The predicted molar refractivity (Wildman–Crippen MR) is 131 cm³/mol. The summed E-state index contributed by atoms with van der Waals surface area (Å²) in [4.78, 5) is 23.1. The standard InChI is InChI=1S/C24H23Cl2N5O3/c1-16(32)29(12-8-27-21-6-10-30(33)23-14-17(25)2-4-19(21)23)13-9-28-22-7-11-31(34)24-15-18(26)3-5-20(22)24/h2-7,10-11,14-15,33-34H,8-9,12-13H2,1H3. The molecule has 0 spiro atoms. The first kappa shape index (κ1) is 23.7. The number of hydrogen-bond donors (Lipinski definition) is 2. The molecule has 0 aliphatic heterocycles. The minimum atomic E-state index is -0.0683. The molecule has 0 aliphatic rings. The van der Waals surface area contributed by atoms with Crippen molar-refractivity contribution in [2.24, 2.45) is 9.98 Å². The highest BCUT2D eigenvalue weighted by molar-refractivity contribution is 6.31. The van der Waals surface area contributed by atoms with Crippen LogP contribution >= 0.6 is 23.2 Å². The number of halogens is 2. The number of fused-ring (bicyclic) bond motifs is 2. The summed E-state index contributed by atoms with van der Waals surface area (Å²) >= 11 is 12.1. The van der Waals surface area contributed by atoms with Crippen molar-refractivity contribution < 1.29 is 15.2 Å². The lowest BCUT2D eigenvalue weighted by Crippen LogP contribution is -2.34. The Hall–Kier alpha value is -3.49. The van der Waals surface area contributed by atoms with Gasteiger partial charge in [0, 0.05) is 53.2 Å². The third-order valence-electron chi connectivity index (χ3n) is 5.46. The van der Waals surface area contributed by atoms with Crippen molar-refractivity contribution >= 4 is 50.9 Å². The maximum absolute atomic E-state index is 12.2. The minimum Gasteiger partial charge on any atom is -0.428 e. The second-order valence-corrected chi connectivity index (χ2v) is 8.56. The third kappa shape index (κ3) is 5.18. The van der Waals surface area contributed by atoms with Crippen LogP contribution < -0.4 is 10.7 Å². The molecule has 0 radical (unpaired) electrons. The summed E-state index contributed by atoms with van der Waals surface area (Å²) in [5, 5.41) is 24.0. The van der Waals surface area contributed by atoms with Crippen molar-refractivity contribution in [3.8, 4) is 0 Å². The lowest BCUT2D eigenvalue weighted by atomic mass is 10.2. The molecule has 0 saturated heterocycles. The number of aromatic nitrogens is 2. The molecule has 2 aromatic carbocycles. The first-order chi connectivity index (χ1) is 16.3. The molecule has 2 N–H and O–H groups in total. The zero-order valence-corrected chi connectivity index (χ0v) is 19.9. The van der Waals surface area contributed by atoms with Crippen LogP contribution in [0.4, 0.5) is 0 Å². The van der Waals surface area contributed by atoms with E-state index >= 15 is 0 Å². The molecule has 0 saturated carbocycles. The van der Waals surface area contributed by atoms with Crippen LogP contribution in [0, 0.1) is 0 Å². The molecule has 0 fully saturated rings. The molecular formula is C24H23Cl2N5O3. The second kappa shape index (κ2) is 10.2. The van der Waals surface area contributed by atoms with Gasteiger partial charge < -0.3 is 15.3 Å². The Labute approximate surface area is 205 Å². The van der Waals surface area contributed by atoms with Crippen LogP contribution in [-0.2, 0) is 4.79 Å². The summed E-state index contributed by atoms with van der Waals surface area (Å²) in [7, 11) is 0. The highest BCUT2D eigenvalue weighted by Gasteiger charge is 2.08. The van der Waals surface area contributed by atoms with Gasteiger partial charge in [-0.25, -0.2) is 0 Å². The first-order valence-corrected chi connectivity index (χ1v) is 11.4. The molecule has 0 atom stereocenters. The summed E-state index contributed by atoms with van der Waals surface area (Å²) in [6, 6.07) is 13.8. The average Bonchev–Trinajstić information content (AvgIpc) is 2.81. The molecule has 2 heterocycles. The predicted octanol–water partition coefficient (Wildman–Crippen LogP) is 3.73. The largest absolute Gasteiger partial charge is 0.428 e. The number of benzene rings is 2. The molecule has 1 amide bonds. The fourth-order valence-electron chi connectivity index (χ4n) is 3.73. The lowest BCUT2D eigenvalue weighted by molar-refractivity contribution is -0.128. The smallest absolute Gasteiger partial charge is 0.219 e. The summed E-state index contributed by atoms with van der Waals surface area (Å²) in [5.74, 6) is -0.0683. The SMILES string of the molecule is CC(=O)N(CCN=c1ccn(O)c2cc(Cl)ccc12)CCN=c1ccn(O)c2cc(Cl)ccc12. The normalized spacial score (nSPS) is 12.6. The molecule has 2 aromatic heterocycles. The van der Waals surface area contributed by atoms with Crippen molar-refractivity contribution in [3.63, 3.8) is 0 Å². The number of pyridine rings is 2. The second-order valence-electron chi connectivity index (χ2n) is 7.68. The number of carbonyl (C=O) groups excluding carboxylic acids is 1. The Morgan fingerprint density at radius 1 is 0.824 bits per heavy atom. The van der Waals surface area contributed by atoms with E-state index in [0.29, 0.717) is 58.0 Å². The fraction of sp³-hybridized carbons (Fsp3) is 0.208. The zero-order chi connectivity index (χ0) is 24.2. The highest BCUT2D eigenvalue weighted by atomic mass is 35.5. The van der Waals surface area contributed by atoms with Crippen molar-refractivity contribution in [3.05, 3.63) is 81.7 Å². The molecular weight excluding hydrogens is 477 g/mol. The Kier molecular flexibility index (Phi) is 7.09. The van der Waals surface area contributed by atoms with Crippen LogP contribution in [0.5, 0.6) is 0 Å². The number of nitrogens with zero attached hydrogens (tertiary/aromatic N) is 5. The molecule has 0 unspecified atom stereocenters. The van der Waals surface area contributed by atoms with Gasteiger partial charge in [-0.15, -0.1) is 0 Å². The van der Waals surface area contributed by atoms with Crippen LogP contribution in [-0.4, -0.2) is 56.9 Å². The number of hydrogen-bond acceptors (Lipinski definition) is 5. The Bertz CT molecular complexity index is 1400. The van der Waals surface area contributed by atoms with Crippen molar-refractivity contribution in [1.29, 1.82) is 0 Å². The molecule has 0 bridgehead atoms. The Morgan fingerprint density at radius 2 is 1.26 bits per heavy atom. The van der Waals surface area contributed by atoms with Gasteiger partial charge in [0.1, 0.15) is 0 Å². The van der Waals surface area contributed by atoms with Gasteiger partial charge in [-0.2, -0.15) is 9.46 Å². The van der Waals surface area contributed by atoms with Gasteiger partial charge in [-0.3, -0.25) is 14.8 Å². The Morgan fingerprint density at radius 3 is 1.68 bits per heavy atom. The molecule has 34 heavy (non-hydrogen) atoms. The van der Waals surface area contributed by atoms with Crippen LogP contribution in [0.25, 0.3) is 21.8 Å². The van der Waals surface area contributed by atoms with Crippen LogP contribution in [0.15, 0.2) is 70.9 Å². The fourth-order valence-corrected chi connectivity index (χ4v) is 4.06. The van der Waals surface area contributed by atoms with E-state index in [-0.39, 0.29) is 5.91 Å². The molecule has 0 aliphatic carbocycles. The van der Waals surface area contributed by atoms with E-state index in [0.717, 1.165) is 20.2 Å². The number of carbonyl (C=O) groups is 1. The summed E-state index contributed by atoms with van der Waals surface area (Å²) < 4.78 is 2.01. The van der Waals surface area contributed by atoms with Crippen LogP contribution in [0.3, 0.4) is 0 Å². The van der Waals surface area contributed by atoms with Gasteiger partial charge in [0.2, 0.25) is 5.91 Å².